The minimum absolute atomic E-state index is 0.627. The molecule has 1 atom stereocenters. The zero-order valence-corrected chi connectivity index (χ0v) is 21.6. The summed E-state index contributed by atoms with van der Waals surface area (Å²) in [5.41, 5.74) is 0. The van der Waals surface area contributed by atoms with Crippen molar-refractivity contribution in [2.75, 3.05) is 18.1 Å². The van der Waals surface area contributed by atoms with Gasteiger partial charge in [0.2, 0.25) is 0 Å². The average Bonchev–Trinajstić information content (AvgIpc) is 3.46. The molecule has 2 rings (SSSR count). The summed E-state index contributed by atoms with van der Waals surface area (Å²) in [5, 5.41) is 0. The van der Waals surface area contributed by atoms with Gasteiger partial charge in [-0.1, -0.05) is 0 Å². The Kier molecular flexibility index (Phi) is 11.0. The summed E-state index contributed by atoms with van der Waals surface area (Å²) in [6.07, 6.45) is 15.1. The second-order valence-electron chi connectivity index (χ2n) is 8.24. The van der Waals surface area contributed by atoms with Gasteiger partial charge in [-0.05, 0) is 0 Å². The van der Waals surface area contributed by atoms with Crippen molar-refractivity contribution in [2.24, 2.45) is 0 Å². The Morgan fingerprint density at radius 2 is 1.40 bits per heavy atom. The molecule has 2 fully saturated rings. The molecule has 1 nitrogen and oxygen atoms in total. The van der Waals surface area contributed by atoms with Gasteiger partial charge in [0.25, 0.3) is 0 Å². The monoisotopic (exact) mass is 494 g/mol. The molecule has 0 aromatic rings. The molecule has 0 unspecified atom stereocenters. The van der Waals surface area contributed by atoms with Crippen LogP contribution < -0.4 is 0 Å². The predicted molar refractivity (Wildman–Crippen MR) is 121 cm³/mol. The Morgan fingerprint density at radius 3 is 1.84 bits per heavy atom. The molecule has 0 spiro atoms. The zero-order valence-electron chi connectivity index (χ0n) is 17.1. The van der Waals surface area contributed by atoms with E-state index in [2.05, 4.69) is 44.3 Å². The Bertz CT molecular complexity index is 332. The first-order valence-corrected chi connectivity index (χ1v) is 20.6. The number of rotatable bonds is 14. The Labute approximate surface area is 170 Å². The molecule has 4 heteroatoms. The van der Waals surface area contributed by atoms with Gasteiger partial charge < -0.3 is 0 Å². The molecule has 148 valence electrons. The molecule has 0 saturated carbocycles. The molecule has 25 heavy (non-hydrogen) atoms. The number of hydrogen-bond acceptors (Lipinski definition) is 3. The van der Waals surface area contributed by atoms with Crippen LogP contribution in [0, 0.1) is 0 Å². The van der Waals surface area contributed by atoms with Crippen molar-refractivity contribution in [1.29, 1.82) is 0 Å². The second kappa shape index (κ2) is 12.1. The molecule has 2 heterocycles. The van der Waals surface area contributed by atoms with E-state index in [9.17, 15) is 0 Å². The van der Waals surface area contributed by atoms with E-state index in [1.807, 2.05) is 0 Å². The van der Waals surface area contributed by atoms with Crippen LogP contribution in [0.25, 0.3) is 0 Å². The van der Waals surface area contributed by atoms with E-state index in [0.29, 0.717) is 8.20 Å². The number of ether oxygens (including phenoxy) is 1. The van der Waals surface area contributed by atoms with Crippen LogP contribution >= 0.6 is 23.5 Å². The van der Waals surface area contributed by atoms with Gasteiger partial charge in [-0.15, -0.1) is 0 Å². The maximum absolute atomic E-state index is 5.51. The van der Waals surface area contributed by atoms with Crippen molar-refractivity contribution >= 4 is 41.9 Å². The molecule has 2 saturated heterocycles. The van der Waals surface area contributed by atoms with E-state index in [1.165, 1.54) is 75.7 Å². The number of epoxide rings is 1. The zero-order chi connectivity index (χ0) is 18.0. The predicted octanol–water partition coefficient (Wildman–Crippen LogP) is 7.51. The molecular formula is C21H42OS2Sn. The van der Waals surface area contributed by atoms with Gasteiger partial charge in [0.15, 0.2) is 0 Å². The summed E-state index contributed by atoms with van der Waals surface area (Å²) in [6, 6.07) is 0. The van der Waals surface area contributed by atoms with Crippen LogP contribution in [0.2, 0.25) is 13.3 Å². The van der Waals surface area contributed by atoms with E-state index in [-0.39, 0.29) is 0 Å². The quantitative estimate of drug-likeness (QED) is 0.184. The third-order valence-corrected chi connectivity index (χ3v) is 34.1. The van der Waals surface area contributed by atoms with Crippen LogP contribution in [0.15, 0.2) is 0 Å². The number of unbranched alkanes of at least 4 members (excludes halogenated alkanes) is 3. The first-order valence-electron chi connectivity index (χ1n) is 11.1. The topological polar surface area (TPSA) is 12.5 Å². The van der Waals surface area contributed by atoms with Gasteiger partial charge in [0.05, 0.1) is 0 Å². The maximum atomic E-state index is 5.51. The second-order valence-corrected chi connectivity index (χ2v) is 27.4. The van der Waals surface area contributed by atoms with Crippen LogP contribution in [0.4, 0.5) is 0 Å². The molecule has 0 N–H and O–H groups in total. The van der Waals surface area contributed by atoms with Crippen molar-refractivity contribution in [1.82, 2.24) is 0 Å². The molecule has 0 amide bonds. The van der Waals surface area contributed by atoms with Crippen molar-refractivity contribution in [3.63, 3.8) is 0 Å². The van der Waals surface area contributed by atoms with E-state index in [1.54, 1.807) is 13.3 Å². The fourth-order valence-electron chi connectivity index (χ4n) is 4.58. The van der Waals surface area contributed by atoms with Crippen molar-refractivity contribution in [3.8, 4) is 0 Å². The SMILES string of the molecule is CCC[CH2][Sn]([CH2]CCC)([CH2]CCC)[C]1(CCC[C@@H]2CO2)SCCCS1. The van der Waals surface area contributed by atoms with Crippen LogP contribution in [-0.2, 0) is 4.74 Å². The van der Waals surface area contributed by atoms with Crippen LogP contribution in [0.1, 0.15) is 85.0 Å². The third kappa shape index (κ3) is 6.78. The van der Waals surface area contributed by atoms with Crippen LogP contribution in [-0.4, -0.2) is 44.7 Å². The number of hydrogen-bond donors (Lipinski definition) is 0. The van der Waals surface area contributed by atoms with E-state index >= 15 is 0 Å². The van der Waals surface area contributed by atoms with Gasteiger partial charge in [0, 0.05) is 0 Å². The Morgan fingerprint density at radius 1 is 0.880 bits per heavy atom. The summed E-state index contributed by atoms with van der Waals surface area (Å²) in [4.78, 5) is 0. The molecule has 0 bridgehead atoms. The summed E-state index contributed by atoms with van der Waals surface area (Å²) in [6.45, 7) is 8.28. The van der Waals surface area contributed by atoms with Crippen LogP contribution in [0.3, 0.4) is 0 Å². The average molecular weight is 493 g/mol. The Hall–Kier alpha value is 1.46. The molecular weight excluding hydrogens is 451 g/mol. The molecule has 0 aromatic heterocycles. The van der Waals surface area contributed by atoms with Gasteiger partial charge in [-0.3, -0.25) is 0 Å². The van der Waals surface area contributed by atoms with Gasteiger partial charge in [-0.25, -0.2) is 0 Å². The summed E-state index contributed by atoms with van der Waals surface area (Å²) >= 11 is 2.70. The van der Waals surface area contributed by atoms with Gasteiger partial charge in [-0.2, -0.15) is 0 Å². The van der Waals surface area contributed by atoms with E-state index in [4.69, 9.17) is 4.74 Å². The Balaban J connectivity index is 2.19. The first-order chi connectivity index (χ1) is 12.2. The summed E-state index contributed by atoms with van der Waals surface area (Å²) < 4.78 is 11.2. The van der Waals surface area contributed by atoms with Gasteiger partial charge >= 0.3 is 171 Å². The van der Waals surface area contributed by atoms with Crippen molar-refractivity contribution in [3.05, 3.63) is 0 Å². The molecule has 0 radical (unpaired) electrons. The third-order valence-electron chi connectivity index (χ3n) is 6.23. The number of thioether (sulfide) groups is 2. The molecule has 0 aromatic carbocycles. The molecule has 2 aliphatic rings. The first kappa shape index (κ1) is 22.7. The molecule has 0 aliphatic carbocycles. The van der Waals surface area contributed by atoms with Crippen molar-refractivity contribution < 1.29 is 4.74 Å². The van der Waals surface area contributed by atoms with E-state index in [0.717, 1.165) is 6.61 Å². The fraction of sp³-hybridized carbons (Fsp3) is 1.00. The van der Waals surface area contributed by atoms with Gasteiger partial charge in [0.1, 0.15) is 0 Å². The van der Waals surface area contributed by atoms with Crippen LogP contribution in [0.5, 0.6) is 0 Å². The summed E-state index contributed by atoms with van der Waals surface area (Å²) in [5.74, 6) is 2.88. The van der Waals surface area contributed by atoms with E-state index < -0.39 is 18.4 Å². The normalized spacial score (nSPS) is 22.9. The van der Waals surface area contributed by atoms with Crippen molar-refractivity contribution in [2.45, 2.75) is 106 Å². The minimum atomic E-state index is -2.22. The fourth-order valence-corrected chi connectivity index (χ4v) is 35.4. The molecule has 2 aliphatic heterocycles. The standard InChI is InChI=1S/C9H15OS2.3C4H9.Sn/c1(3-8-7-10-8)4-9-11-5-2-6-12-9;3*1-3-4-2;/h8H,1-7H2;3*1,3-4H2,2H3;/t8-;;;;/m1..../s1. The summed E-state index contributed by atoms with van der Waals surface area (Å²) in [7, 11) is 0.